The lowest BCUT2D eigenvalue weighted by Crippen LogP contribution is -2.30. The molecule has 1 aromatic heterocycles. The van der Waals surface area contributed by atoms with Crippen LogP contribution >= 0.6 is 11.3 Å². The summed E-state index contributed by atoms with van der Waals surface area (Å²) in [5, 5.41) is 11.6. The Labute approximate surface area is 165 Å². The summed E-state index contributed by atoms with van der Waals surface area (Å²) < 4.78 is 24.8. The summed E-state index contributed by atoms with van der Waals surface area (Å²) in [6.07, 6.45) is 3.01. The Morgan fingerprint density at radius 2 is 1.86 bits per heavy atom. The predicted octanol–water partition coefficient (Wildman–Crippen LogP) is 1.50. The second-order valence-corrected chi connectivity index (χ2v) is 7.29. The average molecular weight is 410 g/mol. The fourth-order valence-electron chi connectivity index (χ4n) is 3.10. The number of ether oxygens (including phenoxy) is 2. The number of amides is 1. The van der Waals surface area contributed by atoms with Gasteiger partial charge in [0.2, 0.25) is 12.7 Å². The lowest BCUT2D eigenvalue weighted by atomic mass is 10.1. The van der Waals surface area contributed by atoms with Gasteiger partial charge in [0.1, 0.15) is 5.82 Å². The topological polar surface area (TPSA) is 90.1 Å². The van der Waals surface area contributed by atoms with E-state index in [2.05, 4.69) is 4.99 Å². The first-order valence-corrected chi connectivity index (χ1v) is 9.28. The Balaban J connectivity index is 1.61. The van der Waals surface area contributed by atoms with Crippen LogP contribution in [0.4, 0.5) is 4.39 Å². The standard InChI is InChI=1S/C20H11FN2O5S/c21-12-1-3-13(4-2-12)23-19(25)17(29-20(23)26)7-11-5-10-6-15-16(28-9-27-15)8-14(10)22-18(11)24/h1-8,25H,9H2/b11-7-. The summed E-state index contributed by atoms with van der Waals surface area (Å²) in [7, 11) is 0. The van der Waals surface area contributed by atoms with Gasteiger partial charge < -0.3 is 14.6 Å². The number of carbonyl (C=O) groups is 1. The average Bonchev–Trinajstić information content (AvgIpc) is 3.25. The highest BCUT2D eigenvalue weighted by Crippen LogP contribution is 2.29. The Hall–Kier alpha value is -3.72. The van der Waals surface area contributed by atoms with Crippen molar-refractivity contribution in [3.05, 3.63) is 72.9 Å². The third-order valence-electron chi connectivity index (χ3n) is 4.49. The van der Waals surface area contributed by atoms with Crippen LogP contribution in [0.2, 0.25) is 0 Å². The summed E-state index contributed by atoms with van der Waals surface area (Å²) in [6, 6.07) is 8.49. The van der Waals surface area contributed by atoms with Crippen LogP contribution < -0.4 is 24.9 Å². The van der Waals surface area contributed by atoms with Gasteiger partial charge in [-0.15, -0.1) is 0 Å². The lowest BCUT2D eigenvalue weighted by molar-refractivity contribution is -0.114. The summed E-state index contributed by atoms with van der Waals surface area (Å²) in [6.45, 7) is 0.105. The number of aromatic hydroxyl groups is 1. The van der Waals surface area contributed by atoms with Crippen LogP contribution in [-0.2, 0) is 4.79 Å². The molecular formula is C20H11FN2O5S. The monoisotopic (exact) mass is 410 g/mol. The van der Waals surface area contributed by atoms with Crippen molar-refractivity contribution >= 4 is 29.4 Å². The minimum atomic E-state index is -0.509. The van der Waals surface area contributed by atoms with Gasteiger partial charge >= 0.3 is 4.87 Å². The molecule has 7 nitrogen and oxygen atoms in total. The first-order chi connectivity index (χ1) is 14.0. The van der Waals surface area contributed by atoms with E-state index in [1.165, 1.54) is 30.3 Å². The second-order valence-electron chi connectivity index (χ2n) is 6.29. The first kappa shape index (κ1) is 17.4. The van der Waals surface area contributed by atoms with Crippen molar-refractivity contribution in [2.24, 2.45) is 4.99 Å². The number of aromatic nitrogens is 1. The van der Waals surface area contributed by atoms with Crippen molar-refractivity contribution in [2.75, 3.05) is 6.79 Å². The molecule has 5 rings (SSSR count). The Morgan fingerprint density at radius 1 is 1.14 bits per heavy atom. The molecule has 9 heteroatoms. The van der Waals surface area contributed by atoms with Crippen molar-refractivity contribution in [3.63, 3.8) is 0 Å². The molecule has 29 heavy (non-hydrogen) atoms. The van der Waals surface area contributed by atoms with Crippen LogP contribution in [0.3, 0.4) is 0 Å². The molecule has 3 aromatic rings. The minimum absolute atomic E-state index is 0.105. The van der Waals surface area contributed by atoms with E-state index in [-0.39, 0.29) is 23.1 Å². The number of hydrogen-bond acceptors (Lipinski definition) is 6. The zero-order valence-corrected chi connectivity index (χ0v) is 15.4. The SMILES string of the molecule is O=C1N=c2cc3c(cc2=C/C1=C/c1sc(=O)n(-c2ccc(F)cc2)c1O)OCO3. The van der Waals surface area contributed by atoms with Crippen LogP contribution in [0.1, 0.15) is 4.88 Å². The maximum atomic E-state index is 13.1. The maximum Gasteiger partial charge on any atom is 0.315 e. The van der Waals surface area contributed by atoms with Gasteiger partial charge in [-0.1, -0.05) is 11.3 Å². The normalized spacial score (nSPS) is 15.8. The molecule has 0 unspecified atom stereocenters. The highest BCUT2D eigenvalue weighted by atomic mass is 32.1. The van der Waals surface area contributed by atoms with E-state index < -0.39 is 16.6 Å². The van der Waals surface area contributed by atoms with Crippen molar-refractivity contribution < 1.29 is 23.8 Å². The van der Waals surface area contributed by atoms with Gasteiger partial charge in [0.15, 0.2) is 11.5 Å². The smallest absolute Gasteiger partial charge is 0.315 e. The third-order valence-corrected chi connectivity index (χ3v) is 5.36. The number of halogens is 1. The van der Waals surface area contributed by atoms with Crippen LogP contribution in [0.15, 0.2) is 51.8 Å². The molecule has 0 atom stereocenters. The van der Waals surface area contributed by atoms with E-state index in [9.17, 15) is 19.1 Å². The number of fused-ring (bicyclic) bond motifs is 2. The molecule has 0 spiro atoms. The van der Waals surface area contributed by atoms with E-state index in [0.29, 0.717) is 27.8 Å². The number of hydrogen-bond donors (Lipinski definition) is 1. The summed E-state index contributed by atoms with van der Waals surface area (Å²) in [5.74, 6) is -0.226. The quantitative estimate of drug-likeness (QED) is 0.647. The van der Waals surface area contributed by atoms with Gasteiger partial charge in [-0.25, -0.2) is 13.9 Å². The van der Waals surface area contributed by atoms with Gasteiger partial charge in [0.25, 0.3) is 5.91 Å². The number of nitrogens with zero attached hydrogens (tertiary/aromatic N) is 2. The molecule has 144 valence electrons. The highest BCUT2D eigenvalue weighted by Gasteiger charge is 2.19. The van der Waals surface area contributed by atoms with Gasteiger partial charge in [0.05, 0.1) is 15.9 Å². The van der Waals surface area contributed by atoms with E-state index >= 15 is 0 Å². The minimum Gasteiger partial charge on any atom is -0.493 e. The van der Waals surface area contributed by atoms with E-state index in [0.717, 1.165) is 15.9 Å². The molecular weight excluding hydrogens is 399 g/mol. The zero-order valence-electron chi connectivity index (χ0n) is 14.6. The predicted molar refractivity (Wildman–Crippen MR) is 102 cm³/mol. The number of benzene rings is 2. The summed E-state index contributed by atoms with van der Waals surface area (Å²) in [5.41, 5.74) is 0.524. The maximum absolute atomic E-state index is 13.1. The number of carbonyl (C=O) groups excluding carboxylic acids is 1. The van der Waals surface area contributed by atoms with E-state index in [1.54, 1.807) is 18.2 Å². The van der Waals surface area contributed by atoms with Crippen molar-refractivity contribution in [1.82, 2.24) is 4.57 Å². The van der Waals surface area contributed by atoms with Crippen LogP contribution in [-0.4, -0.2) is 22.4 Å². The Kier molecular flexibility index (Phi) is 3.85. The Morgan fingerprint density at radius 3 is 2.62 bits per heavy atom. The van der Waals surface area contributed by atoms with E-state index in [1.807, 2.05) is 0 Å². The fourth-order valence-corrected chi connectivity index (χ4v) is 3.94. The van der Waals surface area contributed by atoms with E-state index in [4.69, 9.17) is 9.47 Å². The molecule has 2 aliphatic heterocycles. The fraction of sp³-hybridized carbons (Fsp3) is 0.0500. The van der Waals surface area contributed by atoms with Crippen LogP contribution in [0, 0.1) is 5.82 Å². The molecule has 2 aliphatic rings. The van der Waals surface area contributed by atoms with Crippen molar-refractivity contribution in [3.8, 4) is 23.1 Å². The summed E-state index contributed by atoms with van der Waals surface area (Å²) >= 11 is 0.766. The Bertz CT molecular complexity index is 1390. The van der Waals surface area contributed by atoms with Crippen LogP contribution in [0.5, 0.6) is 17.4 Å². The first-order valence-electron chi connectivity index (χ1n) is 8.46. The second kappa shape index (κ2) is 6.42. The van der Waals surface area contributed by atoms with Gasteiger partial charge in [-0.3, -0.25) is 9.59 Å². The molecule has 0 radical (unpaired) electrons. The molecule has 2 aromatic carbocycles. The summed E-state index contributed by atoms with van der Waals surface area (Å²) in [4.78, 5) is 28.6. The molecule has 0 saturated carbocycles. The number of rotatable bonds is 2. The van der Waals surface area contributed by atoms with Crippen molar-refractivity contribution in [2.45, 2.75) is 0 Å². The van der Waals surface area contributed by atoms with Gasteiger partial charge in [-0.2, -0.15) is 0 Å². The highest BCUT2D eigenvalue weighted by molar-refractivity contribution is 7.10. The van der Waals surface area contributed by atoms with Crippen LogP contribution in [0.25, 0.3) is 17.8 Å². The molecule has 1 N–H and O–H groups in total. The largest absolute Gasteiger partial charge is 0.493 e. The molecule has 0 bridgehead atoms. The van der Waals surface area contributed by atoms with Crippen molar-refractivity contribution in [1.29, 1.82) is 0 Å². The molecule has 1 amide bonds. The van der Waals surface area contributed by atoms with Gasteiger partial charge in [0, 0.05) is 16.9 Å². The third kappa shape index (κ3) is 2.92. The number of thiazole rings is 1. The van der Waals surface area contributed by atoms with Gasteiger partial charge in [-0.05, 0) is 42.5 Å². The lowest BCUT2D eigenvalue weighted by Gasteiger charge is -2.05. The molecule has 0 fully saturated rings. The zero-order chi connectivity index (χ0) is 20.1. The molecule has 0 saturated heterocycles. The molecule has 0 aliphatic carbocycles. The molecule has 3 heterocycles.